The van der Waals surface area contributed by atoms with Gasteiger partial charge in [-0.05, 0) is 31.7 Å². The Hall–Kier alpha value is -1.35. The molecule has 0 saturated carbocycles. The molecule has 0 saturated heterocycles. The molecule has 1 aliphatic carbocycles. The average Bonchev–Trinajstić information content (AvgIpc) is 2.82. The quantitative estimate of drug-likeness (QED) is 0.764. The largest absolute Gasteiger partial charge is 0.287 e. The summed E-state index contributed by atoms with van der Waals surface area (Å²) in [5, 5.41) is 0. The van der Waals surface area contributed by atoms with Crippen molar-refractivity contribution in [3.05, 3.63) is 41.6 Å². The molecular formula is C13H14ClN3. The first-order chi connectivity index (χ1) is 8.40. The first-order valence-corrected chi connectivity index (χ1v) is 6.49. The van der Waals surface area contributed by atoms with Crippen molar-refractivity contribution in [1.29, 1.82) is 0 Å². The van der Waals surface area contributed by atoms with Crippen molar-refractivity contribution >= 4 is 11.6 Å². The lowest BCUT2D eigenvalue weighted by Crippen LogP contribution is -2.09. The standard InChI is InChI=1S/C13H14ClN3/c14-8-10-4-3-7-15-13(10)17-9-16-11-5-1-2-6-12(11)17/h3-4,7,9H,1-2,5-6,8H2. The van der Waals surface area contributed by atoms with Gasteiger partial charge in [0.1, 0.15) is 12.1 Å². The summed E-state index contributed by atoms with van der Waals surface area (Å²) in [7, 11) is 0. The fraction of sp³-hybridized carbons (Fsp3) is 0.385. The fourth-order valence-corrected chi connectivity index (χ4v) is 2.61. The molecular weight excluding hydrogens is 234 g/mol. The normalized spacial score (nSPS) is 14.6. The van der Waals surface area contributed by atoms with Gasteiger partial charge in [0.25, 0.3) is 0 Å². The molecule has 0 radical (unpaired) electrons. The summed E-state index contributed by atoms with van der Waals surface area (Å²) in [6.45, 7) is 0. The number of alkyl halides is 1. The van der Waals surface area contributed by atoms with Crippen LogP contribution in [0.3, 0.4) is 0 Å². The lowest BCUT2D eigenvalue weighted by molar-refractivity contribution is 0.653. The van der Waals surface area contributed by atoms with Crippen molar-refractivity contribution in [1.82, 2.24) is 14.5 Å². The smallest absolute Gasteiger partial charge is 0.142 e. The molecule has 2 aromatic heterocycles. The van der Waals surface area contributed by atoms with Gasteiger partial charge in [0.2, 0.25) is 0 Å². The van der Waals surface area contributed by atoms with E-state index in [0.29, 0.717) is 5.88 Å². The SMILES string of the molecule is ClCc1cccnc1-n1cnc2c1CCCC2. The van der Waals surface area contributed by atoms with Crippen LogP contribution in [0.2, 0.25) is 0 Å². The molecule has 0 bridgehead atoms. The molecule has 2 heterocycles. The van der Waals surface area contributed by atoms with E-state index in [1.54, 1.807) is 6.20 Å². The van der Waals surface area contributed by atoms with E-state index in [1.807, 2.05) is 18.5 Å². The van der Waals surface area contributed by atoms with Crippen molar-refractivity contribution in [3.63, 3.8) is 0 Å². The molecule has 0 aromatic carbocycles. The van der Waals surface area contributed by atoms with E-state index in [1.165, 1.54) is 24.2 Å². The van der Waals surface area contributed by atoms with Gasteiger partial charge in [-0.3, -0.25) is 4.57 Å². The van der Waals surface area contributed by atoms with Crippen LogP contribution in [0.15, 0.2) is 24.7 Å². The molecule has 0 fully saturated rings. The summed E-state index contributed by atoms with van der Waals surface area (Å²) in [6, 6.07) is 3.94. The van der Waals surface area contributed by atoms with Crippen LogP contribution < -0.4 is 0 Å². The van der Waals surface area contributed by atoms with Crippen LogP contribution in [0, 0.1) is 0 Å². The average molecular weight is 248 g/mol. The number of hydrogen-bond acceptors (Lipinski definition) is 2. The highest BCUT2D eigenvalue weighted by Crippen LogP contribution is 2.24. The van der Waals surface area contributed by atoms with Crippen LogP contribution in [0.1, 0.15) is 29.8 Å². The summed E-state index contributed by atoms with van der Waals surface area (Å²) in [5.41, 5.74) is 3.59. The highest BCUT2D eigenvalue weighted by molar-refractivity contribution is 6.17. The predicted octanol–water partition coefficient (Wildman–Crippen LogP) is 2.88. The first kappa shape index (κ1) is 10.8. The van der Waals surface area contributed by atoms with Crippen molar-refractivity contribution < 1.29 is 0 Å². The Morgan fingerprint density at radius 1 is 1.24 bits per heavy atom. The molecule has 2 aromatic rings. The van der Waals surface area contributed by atoms with E-state index in [-0.39, 0.29) is 0 Å². The minimum atomic E-state index is 0.482. The Morgan fingerprint density at radius 3 is 3.00 bits per heavy atom. The first-order valence-electron chi connectivity index (χ1n) is 5.95. The van der Waals surface area contributed by atoms with E-state index in [0.717, 1.165) is 24.2 Å². The van der Waals surface area contributed by atoms with Crippen molar-refractivity contribution in [3.8, 4) is 5.82 Å². The number of halogens is 1. The van der Waals surface area contributed by atoms with Crippen LogP contribution in [0.5, 0.6) is 0 Å². The zero-order valence-electron chi connectivity index (χ0n) is 9.56. The maximum atomic E-state index is 5.96. The number of imidazole rings is 1. The lowest BCUT2D eigenvalue weighted by atomic mass is 10.0. The van der Waals surface area contributed by atoms with Gasteiger partial charge in [-0.25, -0.2) is 9.97 Å². The highest BCUT2D eigenvalue weighted by Gasteiger charge is 2.17. The van der Waals surface area contributed by atoms with Crippen molar-refractivity contribution in [2.45, 2.75) is 31.6 Å². The third-order valence-electron chi connectivity index (χ3n) is 3.27. The second kappa shape index (κ2) is 4.49. The molecule has 17 heavy (non-hydrogen) atoms. The highest BCUT2D eigenvalue weighted by atomic mass is 35.5. The van der Waals surface area contributed by atoms with Gasteiger partial charge in [0.15, 0.2) is 0 Å². The van der Waals surface area contributed by atoms with Crippen LogP contribution in [0.4, 0.5) is 0 Å². The summed E-state index contributed by atoms with van der Waals surface area (Å²) in [4.78, 5) is 8.93. The molecule has 0 spiro atoms. The topological polar surface area (TPSA) is 30.7 Å². The third-order valence-corrected chi connectivity index (χ3v) is 3.56. The minimum Gasteiger partial charge on any atom is -0.287 e. The summed E-state index contributed by atoms with van der Waals surface area (Å²) < 4.78 is 2.10. The Morgan fingerprint density at radius 2 is 2.12 bits per heavy atom. The molecule has 0 N–H and O–H groups in total. The second-order valence-electron chi connectivity index (χ2n) is 4.33. The lowest BCUT2D eigenvalue weighted by Gasteiger charge is -2.14. The zero-order valence-corrected chi connectivity index (χ0v) is 10.3. The van der Waals surface area contributed by atoms with E-state index in [4.69, 9.17) is 11.6 Å². The monoisotopic (exact) mass is 247 g/mol. The molecule has 3 rings (SSSR count). The Labute approximate surface area is 105 Å². The molecule has 0 amide bonds. The number of aryl methyl sites for hydroxylation is 1. The minimum absolute atomic E-state index is 0.482. The van der Waals surface area contributed by atoms with Gasteiger partial charge in [-0.1, -0.05) is 6.07 Å². The van der Waals surface area contributed by atoms with Gasteiger partial charge in [-0.15, -0.1) is 11.6 Å². The number of nitrogens with zero attached hydrogens (tertiary/aromatic N) is 3. The molecule has 4 heteroatoms. The van der Waals surface area contributed by atoms with Gasteiger partial charge in [0, 0.05) is 17.5 Å². The molecule has 1 aliphatic rings. The number of hydrogen-bond donors (Lipinski definition) is 0. The van der Waals surface area contributed by atoms with Crippen LogP contribution in [0.25, 0.3) is 5.82 Å². The Bertz CT molecular complexity index is 533. The summed E-state index contributed by atoms with van der Waals surface area (Å²) in [5.74, 6) is 1.41. The van der Waals surface area contributed by atoms with Gasteiger partial charge in [-0.2, -0.15) is 0 Å². The molecule has 88 valence electrons. The number of rotatable bonds is 2. The zero-order chi connectivity index (χ0) is 11.7. The van der Waals surface area contributed by atoms with Crippen LogP contribution in [-0.2, 0) is 18.7 Å². The van der Waals surface area contributed by atoms with Crippen LogP contribution >= 0.6 is 11.6 Å². The van der Waals surface area contributed by atoms with E-state index >= 15 is 0 Å². The van der Waals surface area contributed by atoms with E-state index in [2.05, 4.69) is 14.5 Å². The number of fused-ring (bicyclic) bond motifs is 1. The van der Waals surface area contributed by atoms with E-state index in [9.17, 15) is 0 Å². The van der Waals surface area contributed by atoms with Gasteiger partial charge >= 0.3 is 0 Å². The van der Waals surface area contributed by atoms with Crippen LogP contribution in [-0.4, -0.2) is 14.5 Å². The molecule has 0 unspecified atom stereocenters. The molecule has 0 atom stereocenters. The number of aromatic nitrogens is 3. The molecule has 3 nitrogen and oxygen atoms in total. The Kier molecular flexibility index (Phi) is 2.85. The van der Waals surface area contributed by atoms with Gasteiger partial charge < -0.3 is 0 Å². The number of pyridine rings is 1. The second-order valence-corrected chi connectivity index (χ2v) is 4.60. The Balaban J connectivity index is 2.12. The maximum absolute atomic E-state index is 5.96. The van der Waals surface area contributed by atoms with E-state index < -0.39 is 0 Å². The predicted molar refractivity (Wildman–Crippen MR) is 67.6 cm³/mol. The molecule has 0 aliphatic heterocycles. The van der Waals surface area contributed by atoms with Crippen molar-refractivity contribution in [2.24, 2.45) is 0 Å². The summed E-state index contributed by atoms with van der Waals surface area (Å²) >= 11 is 5.96. The van der Waals surface area contributed by atoms with Crippen molar-refractivity contribution in [2.75, 3.05) is 0 Å². The third kappa shape index (κ3) is 1.84. The van der Waals surface area contributed by atoms with Gasteiger partial charge in [0.05, 0.1) is 11.6 Å². The fourth-order valence-electron chi connectivity index (χ4n) is 2.40. The summed E-state index contributed by atoms with van der Waals surface area (Å²) in [6.07, 6.45) is 8.35. The maximum Gasteiger partial charge on any atom is 0.142 e.